The third-order valence-corrected chi connectivity index (χ3v) is 4.36. The molecule has 1 aliphatic rings. The van der Waals surface area contributed by atoms with Crippen LogP contribution in [0.15, 0.2) is 24.3 Å². The number of rotatable bonds is 5. The van der Waals surface area contributed by atoms with Crippen molar-refractivity contribution in [3.05, 3.63) is 35.4 Å². The summed E-state index contributed by atoms with van der Waals surface area (Å²) in [5, 5.41) is 9.41. The Hall–Kier alpha value is -0.900. The molecule has 0 aromatic heterocycles. The maximum absolute atomic E-state index is 9.41. The van der Waals surface area contributed by atoms with Gasteiger partial charge in [-0.1, -0.05) is 50.6 Å². The van der Waals surface area contributed by atoms with Gasteiger partial charge in [0.2, 0.25) is 0 Å². The molecule has 1 aromatic carbocycles. The van der Waals surface area contributed by atoms with Gasteiger partial charge >= 0.3 is 0 Å². The van der Waals surface area contributed by atoms with E-state index in [0.717, 1.165) is 39.1 Å². The number of piperazine rings is 1. The molecule has 0 aliphatic carbocycles. The molecule has 0 bridgehead atoms. The molecule has 1 fully saturated rings. The summed E-state index contributed by atoms with van der Waals surface area (Å²) in [6, 6.07) is 9.29. The number of hydrogen-bond acceptors (Lipinski definition) is 3. The summed E-state index contributed by atoms with van der Waals surface area (Å²) in [7, 11) is 0. The van der Waals surface area contributed by atoms with Gasteiger partial charge in [0.15, 0.2) is 0 Å². The van der Waals surface area contributed by atoms with Gasteiger partial charge in [-0.2, -0.15) is 0 Å². The molecule has 1 N–H and O–H groups in total. The van der Waals surface area contributed by atoms with Crippen LogP contribution in [0.3, 0.4) is 0 Å². The van der Waals surface area contributed by atoms with Crippen LogP contribution in [-0.4, -0.2) is 53.7 Å². The van der Waals surface area contributed by atoms with Crippen LogP contribution in [0, 0.1) is 12.3 Å². The number of aliphatic hydroxyl groups excluding tert-OH is 1. The Morgan fingerprint density at radius 3 is 2.41 bits per heavy atom. The smallest absolute Gasteiger partial charge is 0.0446 e. The summed E-state index contributed by atoms with van der Waals surface area (Å²) in [4.78, 5) is 5.10. The lowest BCUT2D eigenvalue weighted by Gasteiger charge is -2.43. The van der Waals surface area contributed by atoms with E-state index in [9.17, 15) is 5.11 Å². The largest absolute Gasteiger partial charge is 0.396 e. The highest BCUT2D eigenvalue weighted by molar-refractivity contribution is 5.21. The molecule has 1 saturated heterocycles. The Bertz CT molecular complexity index is 449. The fourth-order valence-electron chi connectivity index (χ4n) is 3.33. The molecule has 0 saturated carbocycles. The van der Waals surface area contributed by atoms with Gasteiger partial charge < -0.3 is 5.11 Å². The van der Waals surface area contributed by atoms with Crippen LogP contribution in [0.25, 0.3) is 0 Å². The van der Waals surface area contributed by atoms with Crippen molar-refractivity contribution in [1.82, 2.24) is 9.80 Å². The zero-order valence-corrected chi connectivity index (χ0v) is 14.7. The molecule has 2 rings (SSSR count). The lowest BCUT2D eigenvalue weighted by Crippen LogP contribution is -2.54. The van der Waals surface area contributed by atoms with Gasteiger partial charge in [0.05, 0.1) is 0 Å². The minimum atomic E-state index is 0.276. The van der Waals surface area contributed by atoms with Crippen LogP contribution < -0.4 is 0 Å². The topological polar surface area (TPSA) is 26.7 Å². The third-order valence-electron chi connectivity index (χ3n) is 4.36. The van der Waals surface area contributed by atoms with Crippen LogP contribution in [0.1, 0.15) is 38.3 Å². The maximum atomic E-state index is 9.41. The summed E-state index contributed by atoms with van der Waals surface area (Å²) in [6.45, 7) is 14.7. The van der Waals surface area contributed by atoms with Crippen LogP contribution in [0.5, 0.6) is 0 Å². The number of aryl methyl sites for hydroxylation is 1. The predicted octanol–water partition coefficient (Wildman–Crippen LogP) is 2.91. The zero-order valence-electron chi connectivity index (χ0n) is 14.7. The number of nitrogens with zero attached hydrogens (tertiary/aromatic N) is 2. The molecule has 0 unspecified atom stereocenters. The van der Waals surface area contributed by atoms with Crippen molar-refractivity contribution in [2.24, 2.45) is 5.41 Å². The van der Waals surface area contributed by atoms with E-state index in [2.05, 4.69) is 61.8 Å². The Labute approximate surface area is 135 Å². The maximum Gasteiger partial charge on any atom is 0.0446 e. The fourth-order valence-corrected chi connectivity index (χ4v) is 3.33. The van der Waals surface area contributed by atoms with Crippen LogP contribution >= 0.6 is 0 Å². The van der Waals surface area contributed by atoms with Crippen LogP contribution in [0.4, 0.5) is 0 Å². The van der Waals surface area contributed by atoms with E-state index in [-0.39, 0.29) is 6.61 Å². The lowest BCUT2D eigenvalue weighted by molar-refractivity contribution is 0.0382. The Morgan fingerprint density at radius 2 is 1.82 bits per heavy atom. The molecule has 3 heteroatoms. The first-order chi connectivity index (χ1) is 10.4. The molecular formula is C19H32N2O. The molecular weight excluding hydrogens is 272 g/mol. The molecule has 1 aromatic rings. The highest BCUT2D eigenvalue weighted by Gasteiger charge is 2.28. The van der Waals surface area contributed by atoms with E-state index in [1.54, 1.807) is 0 Å². The first-order valence-corrected chi connectivity index (χ1v) is 8.50. The first kappa shape index (κ1) is 17.5. The normalized spacial score (nSPS) is 21.2. The summed E-state index contributed by atoms with van der Waals surface area (Å²) in [5.41, 5.74) is 3.02. The summed E-state index contributed by atoms with van der Waals surface area (Å²) >= 11 is 0. The standard InChI is InChI=1S/C19H32N2O/c1-16-5-7-17(8-6-16)13-21-11-10-20(15-19(2,3)4)14-18(21)9-12-22/h5-8,18,22H,9-15H2,1-4H3/t18-/m0/s1. The molecule has 0 spiro atoms. The van der Waals surface area contributed by atoms with Gasteiger partial charge in [-0.05, 0) is 24.3 Å². The summed E-state index contributed by atoms with van der Waals surface area (Å²) in [5.74, 6) is 0. The Balaban J connectivity index is 1.97. The van der Waals surface area contributed by atoms with Gasteiger partial charge in [-0.3, -0.25) is 9.80 Å². The van der Waals surface area contributed by atoms with Gasteiger partial charge in [0.25, 0.3) is 0 Å². The average molecular weight is 304 g/mol. The van der Waals surface area contributed by atoms with E-state index in [1.807, 2.05) is 0 Å². The van der Waals surface area contributed by atoms with Crippen molar-refractivity contribution in [2.45, 2.75) is 46.7 Å². The Morgan fingerprint density at radius 1 is 1.14 bits per heavy atom. The second kappa shape index (κ2) is 7.58. The lowest BCUT2D eigenvalue weighted by atomic mass is 9.95. The zero-order chi connectivity index (χ0) is 16.2. The van der Waals surface area contributed by atoms with E-state index >= 15 is 0 Å². The fraction of sp³-hybridized carbons (Fsp3) is 0.684. The summed E-state index contributed by atoms with van der Waals surface area (Å²) < 4.78 is 0. The number of hydrogen-bond donors (Lipinski definition) is 1. The molecule has 0 radical (unpaired) electrons. The van der Waals surface area contributed by atoms with Crippen LogP contribution in [0.2, 0.25) is 0 Å². The van der Waals surface area contributed by atoms with Gasteiger partial charge in [-0.25, -0.2) is 0 Å². The van der Waals surface area contributed by atoms with E-state index < -0.39 is 0 Å². The van der Waals surface area contributed by atoms with Crippen molar-refractivity contribution < 1.29 is 5.11 Å². The van der Waals surface area contributed by atoms with Gasteiger partial charge in [0.1, 0.15) is 0 Å². The molecule has 124 valence electrons. The SMILES string of the molecule is Cc1ccc(CN2CCN(CC(C)(C)C)C[C@@H]2CCO)cc1. The van der Waals surface area contributed by atoms with E-state index in [1.165, 1.54) is 11.1 Å². The van der Waals surface area contributed by atoms with E-state index in [0.29, 0.717) is 11.5 Å². The minimum Gasteiger partial charge on any atom is -0.396 e. The van der Waals surface area contributed by atoms with Crippen molar-refractivity contribution in [3.8, 4) is 0 Å². The molecule has 1 atom stereocenters. The highest BCUT2D eigenvalue weighted by Crippen LogP contribution is 2.21. The summed E-state index contributed by atoms with van der Waals surface area (Å²) in [6.07, 6.45) is 0.868. The Kier molecular flexibility index (Phi) is 6.01. The monoisotopic (exact) mass is 304 g/mol. The number of benzene rings is 1. The molecule has 1 heterocycles. The highest BCUT2D eigenvalue weighted by atomic mass is 16.3. The second-order valence-corrected chi connectivity index (χ2v) is 7.92. The molecule has 3 nitrogen and oxygen atoms in total. The van der Waals surface area contributed by atoms with Gasteiger partial charge in [-0.15, -0.1) is 0 Å². The quantitative estimate of drug-likeness (QED) is 0.906. The van der Waals surface area contributed by atoms with Crippen molar-refractivity contribution in [2.75, 3.05) is 32.8 Å². The predicted molar refractivity (Wildman–Crippen MR) is 93.0 cm³/mol. The van der Waals surface area contributed by atoms with Crippen molar-refractivity contribution >= 4 is 0 Å². The second-order valence-electron chi connectivity index (χ2n) is 7.92. The molecule has 22 heavy (non-hydrogen) atoms. The molecule has 0 amide bonds. The first-order valence-electron chi connectivity index (χ1n) is 8.50. The molecule has 1 aliphatic heterocycles. The van der Waals surface area contributed by atoms with Crippen molar-refractivity contribution in [1.29, 1.82) is 0 Å². The van der Waals surface area contributed by atoms with E-state index in [4.69, 9.17) is 0 Å². The van der Waals surface area contributed by atoms with Crippen molar-refractivity contribution in [3.63, 3.8) is 0 Å². The van der Waals surface area contributed by atoms with Crippen LogP contribution in [-0.2, 0) is 6.54 Å². The van der Waals surface area contributed by atoms with Gasteiger partial charge in [0, 0.05) is 45.4 Å². The third kappa shape index (κ3) is 5.38. The average Bonchev–Trinajstić information content (AvgIpc) is 2.43. The minimum absolute atomic E-state index is 0.276. The number of aliphatic hydroxyl groups is 1.